The molecule has 0 heterocycles. The molecule has 3 rings (SSSR count). The fourth-order valence-electron chi connectivity index (χ4n) is 4.12. The first-order valence-corrected chi connectivity index (χ1v) is 13.0. The van der Waals surface area contributed by atoms with Crippen molar-refractivity contribution >= 4 is 11.9 Å². The molecule has 5 heteroatoms. The number of hydrogen-bond acceptors (Lipinski definition) is 3. The fraction of sp³-hybridized carbons (Fsp3) is 0.355. The summed E-state index contributed by atoms with van der Waals surface area (Å²) in [5, 5.41) is 11.3. The maximum absolute atomic E-state index is 12.2. The number of amides is 1. The van der Waals surface area contributed by atoms with Crippen molar-refractivity contribution in [1.29, 1.82) is 0 Å². The highest BCUT2D eigenvalue weighted by Gasteiger charge is 2.14. The van der Waals surface area contributed by atoms with Crippen molar-refractivity contribution in [2.45, 2.75) is 64.9 Å². The Balaban J connectivity index is 1.61. The van der Waals surface area contributed by atoms with Gasteiger partial charge in [-0.3, -0.25) is 9.59 Å². The van der Waals surface area contributed by atoms with Crippen LogP contribution in [0.5, 0.6) is 5.75 Å². The largest absolute Gasteiger partial charge is 0.486 e. The molecule has 0 aromatic heterocycles. The Morgan fingerprint density at radius 3 is 2.06 bits per heavy atom. The SMILES string of the molecule is CCCCCc1ccc(-c2ccc(OC(CCC)c3ccc(C(=O)NCCC(=O)O)cc3)cc2)cc1. The van der Waals surface area contributed by atoms with Gasteiger partial charge in [-0.15, -0.1) is 0 Å². The normalized spacial score (nSPS) is 11.6. The molecule has 0 aliphatic carbocycles. The van der Waals surface area contributed by atoms with Crippen molar-refractivity contribution in [2.75, 3.05) is 6.54 Å². The Labute approximate surface area is 214 Å². The van der Waals surface area contributed by atoms with E-state index >= 15 is 0 Å². The zero-order chi connectivity index (χ0) is 25.8. The average Bonchev–Trinajstić information content (AvgIpc) is 2.89. The van der Waals surface area contributed by atoms with Crippen molar-refractivity contribution in [1.82, 2.24) is 5.32 Å². The van der Waals surface area contributed by atoms with Gasteiger partial charge in [0.05, 0.1) is 6.42 Å². The number of aryl methyl sites for hydroxylation is 1. The molecule has 0 spiro atoms. The van der Waals surface area contributed by atoms with Gasteiger partial charge in [-0.25, -0.2) is 0 Å². The lowest BCUT2D eigenvalue weighted by Crippen LogP contribution is -2.26. The summed E-state index contributed by atoms with van der Waals surface area (Å²) in [5.74, 6) is -0.404. The maximum Gasteiger partial charge on any atom is 0.305 e. The lowest BCUT2D eigenvalue weighted by molar-refractivity contribution is -0.136. The highest BCUT2D eigenvalue weighted by atomic mass is 16.5. The Hall–Kier alpha value is -3.60. The molecule has 0 radical (unpaired) electrons. The second kappa shape index (κ2) is 14.1. The van der Waals surface area contributed by atoms with Gasteiger partial charge >= 0.3 is 5.97 Å². The van der Waals surface area contributed by atoms with Crippen LogP contribution < -0.4 is 10.1 Å². The molecule has 2 N–H and O–H groups in total. The first-order valence-electron chi connectivity index (χ1n) is 13.0. The number of benzene rings is 3. The summed E-state index contributed by atoms with van der Waals surface area (Å²) in [6, 6.07) is 24.4. The van der Waals surface area contributed by atoms with Crippen molar-refractivity contribution in [3.05, 3.63) is 89.5 Å². The van der Waals surface area contributed by atoms with E-state index in [4.69, 9.17) is 9.84 Å². The summed E-state index contributed by atoms with van der Waals surface area (Å²) in [5.41, 5.74) is 5.25. The number of rotatable bonds is 14. The zero-order valence-electron chi connectivity index (χ0n) is 21.3. The van der Waals surface area contributed by atoms with E-state index in [-0.39, 0.29) is 25.0 Å². The number of hydrogen-bond donors (Lipinski definition) is 2. The van der Waals surface area contributed by atoms with E-state index in [0.717, 1.165) is 36.1 Å². The summed E-state index contributed by atoms with van der Waals surface area (Å²) < 4.78 is 6.33. The van der Waals surface area contributed by atoms with Crippen molar-refractivity contribution in [3.63, 3.8) is 0 Å². The summed E-state index contributed by atoms with van der Waals surface area (Å²) in [6.07, 6.45) is 6.49. The molecular formula is C31H37NO4. The fourth-order valence-corrected chi connectivity index (χ4v) is 4.12. The van der Waals surface area contributed by atoms with E-state index in [1.165, 1.54) is 30.4 Å². The zero-order valence-corrected chi connectivity index (χ0v) is 21.3. The monoisotopic (exact) mass is 487 g/mol. The van der Waals surface area contributed by atoms with Crippen molar-refractivity contribution < 1.29 is 19.4 Å². The molecule has 0 saturated carbocycles. The number of ether oxygens (including phenoxy) is 1. The number of unbranched alkanes of at least 4 members (excludes halogenated alkanes) is 2. The minimum absolute atomic E-state index is 0.0978. The third-order valence-corrected chi connectivity index (χ3v) is 6.21. The molecule has 0 fully saturated rings. The summed E-state index contributed by atoms with van der Waals surface area (Å²) >= 11 is 0. The van der Waals surface area contributed by atoms with Gasteiger partial charge in [0.25, 0.3) is 5.91 Å². The van der Waals surface area contributed by atoms with Crippen LogP contribution in [0.2, 0.25) is 0 Å². The molecule has 1 amide bonds. The molecule has 5 nitrogen and oxygen atoms in total. The second-order valence-corrected chi connectivity index (χ2v) is 9.10. The molecular weight excluding hydrogens is 450 g/mol. The molecule has 0 saturated heterocycles. The first-order chi connectivity index (χ1) is 17.5. The van der Waals surface area contributed by atoms with Crippen LogP contribution in [0.1, 0.15) is 80.0 Å². The Bertz CT molecular complexity index is 1090. The lowest BCUT2D eigenvalue weighted by atomic mass is 10.0. The lowest BCUT2D eigenvalue weighted by Gasteiger charge is -2.20. The Morgan fingerprint density at radius 2 is 1.47 bits per heavy atom. The molecule has 1 unspecified atom stereocenters. The van der Waals surface area contributed by atoms with Crippen LogP contribution in [-0.2, 0) is 11.2 Å². The number of nitrogens with one attached hydrogen (secondary N) is 1. The number of carbonyl (C=O) groups is 2. The third-order valence-electron chi connectivity index (χ3n) is 6.21. The van der Waals surface area contributed by atoms with Gasteiger partial charge in [0.1, 0.15) is 11.9 Å². The minimum atomic E-state index is -0.936. The quantitative estimate of drug-likeness (QED) is 0.236. The highest BCUT2D eigenvalue weighted by molar-refractivity contribution is 5.94. The summed E-state index contributed by atoms with van der Waals surface area (Å²) in [4.78, 5) is 22.8. The van der Waals surface area contributed by atoms with E-state index in [9.17, 15) is 9.59 Å². The molecule has 3 aromatic rings. The van der Waals surface area contributed by atoms with Gasteiger partial charge in [0.2, 0.25) is 0 Å². The first kappa shape index (κ1) is 27.0. The maximum atomic E-state index is 12.2. The van der Waals surface area contributed by atoms with E-state index in [2.05, 4.69) is 55.6 Å². The van der Waals surface area contributed by atoms with Crippen molar-refractivity contribution in [2.24, 2.45) is 0 Å². The van der Waals surface area contributed by atoms with Crippen LogP contribution in [0, 0.1) is 0 Å². The predicted octanol–water partition coefficient (Wildman–Crippen LogP) is 7.21. The molecule has 1 atom stereocenters. The number of carboxylic acids is 1. The smallest absolute Gasteiger partial charge is 0.305 e. The number of carboxylic acid groups (broad SMARTS) is 1. The predicted molar refractivity (Wildman–Crippen MR) is 144 cm³/mol. The minimum Gasteiger partial charge on any atom is -0.486 e. The van der Waals surface area contributed by atoms with Crippen LogP contribution >= 0.6 is 0 Å². The topological polar surface area (TPSA) is 75.6 Å². The average molecular weight is 488 g/mol. The van der Waals surface area contributed by atoms with Gasteiger partial charge in [-0.1, -0.05) is 81.6 Å². The van der Waals surface area contributed by atoms with Gasteiger partial charge in [-0.2, -0.15) is 0 Å². The van der Waals surface area contributed by atoms with Gasteiger partial charge < -0.3 is 15.2 Å². The number of aliphatic carboxylic acids is 1. The van der Waals surface area contributed by atoms with Crippen LogP contribution in [0.25, 0.3) is 11.1 Å². The Kier molecular flexibility index (Phi) is 10.6. The molecule has 3 aromatic carbocycles. The van der Waals surface area contributed by atoms with Crippen molar-refractivity contribution in [3.8, 4) is 16.9 Å². The Morgan fingerprint density at radius 1 is 0.833 bits per heavy atom. The number of carbonyl (C=O) groups excluding carboxylic acids is 1. The standard InChI is InChI=1S/C31H37NO4/c1-3-5-6-8-23-9-11-24(12-10-23)25-17-19-28(20-18-25)36-29(7-4-2)26-13-15-27(16-14-26)31(35)32-22-21-30(33)34/h9-20,29H,3-8,21-22H2,1-2H3,(H,32,35)(H,33,34). The molecule has 36 heavy (non-hydrogen) atoms. The molecule has 0 bridgehead atoms. The second-order valence-electron chi connectivity index (χ2n) is 9.10. The third kappa shape index (κ3) is 8.26. The molecule has 190 valence electrons. The summed E-state index contributed by atoms with van der Waals surface area (Å²) in [6.45, 7) is 4.46. The van der Waals surface area contributed by atoms with E-state index < -0.39 is 5.97 Å². The van der Waals surface area contributed by atoms with E-state index in [1.54, 1.807) is 12.1 Å². The van der Waals surface area contributed by atoms with Crippen LogP contribution in [0.4, 0.5) is 0 Å². The van der Waals surface area contributed by atoms with Gasteiger partial charge in [-0.05, 0) is 65.8 Å². The molecule has 0 aliphatic heterocycles. The van der Waals surface area contributed by atoms with E-state index in [1.807, 2.05) is 24.3 Å². The van der Waals surface area contributed by atoms with Gasteiger partial charge in [0, 0.05) is 12.1 Å². The highest BCUT2D eigenvalue weighted by Crippen LogP contribution is 2.29. The van der Waals surface area contributed by atoms with Crippen LogP contribution in [0.15, 0.2) is 72.8 Å². The van der Waals surface area contributed by atoms with Crippen LogP contribution in [0.3, 0.4) is 0 Å². The molecule has 0 aliphatic rings. The van der Waals surface area contributed by atoms with Crippen LogP contribution in [-0.4, -0.2) is 23.5 Å². The summed E-state index contributed by atoms with van der Waals surface area (Å²) in [7, 11) is 0. The van der Waals surface area contributed by atoms with Gasteiger partial charge in [0.15, 0.2) is 0 Å². The van der Waals surface area contributed by atoms with E-state index in [0.29, 0.717) is 5.56 Å².